The fraction of sp³-hybridized carbons (Fsp3) is 0.286. The van der Waals surface area contributed by atoms with Crippen LogP contribution >= 0.6 is 0 Å². The van der Waals surface area contributed by atoms with E-state index in [4.69, 9.17) is 10.00 Å². The summed E-state index contributed by atoms with van der Waals surface area (Å²) in [5.41, 5.74) is 3.87. The number of anilines is 1. The van der Waals surface area contributed by atoms with Crippen molar-refractivity contribution in [1.82, 2.24) is 10.2 Å². The van der Waals surface area contributed by atoms with Crippen LogP contribution in [0.1, 0.15) is 35.6 Å². The van der Waals surface area contributed by atoms with Gasteiger partial charge in [-0.1, -0.05) is 54.6 Å². The Hall–Kier alpha value is -3.82. The van der Waals surface area contributed by atoms with E-state index < -0.39 is 0 Å². The topological polar surface area (TPSA) is 77.4 Å². The van der Waals surface area contributed by atoms with Gasteiger partial charge in [0, 0.05) is 12.2 Å². The van der Waals surface area contributed by atoms with Gasteiger partial charge in [0.2, 0.25) is 0 Å². The SMILES string of the molecule is N#CCc1ccc(OCc2cccc(NC(=O)NCC(c3ccccc3)N3CCCC3)c2)cc1. The van der Waals surface area contributed by atoms with Crippen LogP contribution in [-0.4, -0.2) is 30.6 Å². The van der Waals surface area contributed by atoms with Crippen molar-refractivity contribution in [3.63, 3.8) is 0 Å². The van der Waals surface area contributed by atoms with Crippen molar-refractivity contribution >= 4 is 11.7 Å². The van der Waals surface area contributed by atoms with Gasteiger partial charge in [-0.3, -0.25) is 4.90 Å². The maximum absolute atomic E-state index is 12.6. The summed E-state index contributed by atoms with van der Waals surface area (Å²) in [7, 11) is 0. The second kappa shape index (κ2) is 11.9. The maximum atomic E-state index is 12.6. The number of carbonyl (C=O) groups excluding carboxylic acids is 1. The molecule has 4 rings (SSSR count). The Kier molecular flexibility index (Phi) is 8.15. The number of hydrogen-bond acceptors (Lipinski definition) is 4. The molecule has 2 N–H and O–H groups in total. The highest BCUT2D eigenvalue weighted by Gasteiger charge is 2.23. The minimum Gasteiger partial charge on any atom is -0.489 e. The third-order valence-electron chi connectivity index (χ3n) is 6.02. The van der Waals surface area contributed by atoms with Gasteiger partial charge in [-0.15, -0.1) is 0 Å². The lowest BCUT2D eigenvalue weighted by molar-refractivity contribution is 0.227. The Morgan fingerprint density at radius 2 is 1.74 bits per heavy atom. The smallest absolute Gasteiger partial charge is 0.319 e. The number of urea groups is 1. The normalized spacial score (nSPS) is 14.2. The zero-order valence-electron chi connectivity index (χ0n) is 19.2. The molecule has 0 spiro atoms. The molecule has 0 aromatic heterocycles. The van der Waals surface area contributed by atoms with Crippen LogP contribution in [-0.2, 0) is 13.0 Å². The van der Waals surface area contributed by atoms with Crippen molar-refractivity contribution in [2.75, 3.05) is 25.0 Å². The Bertz CT molecular complexity index is 1100. The molecule has 0 aliphatic carbocycles. The largest absolute Gasteiger partial charge is 0.489 e. The van der Waals surface area contributed by atoms with Crippen LogP contribution in [0, 0.1) is 11.3 Å². The molecule has 1 atom stereocenters. The number of carbonyl (C=O) groups is 1. The Morgan fingerprint density at radius 1 is 0.971 bits per heavy atom. The summed E-state index contributed by atoms with van der Waals surface area (Å²) in [4.78, 5) is 15.1. The monoisotopic (exact) mass is 454 g/mol. The predicted molar refractivity (Wildman–Crippen MR) is 134 cm³/mol. The number of rotatable bonds is 9. The summed E-state index contributed by atoms with van der Waals surface area (Å²) in [5.74, 6) is 0.742. The van der Waals surface area contributed by atoms with Gasteiger partial charge in [-0.05, 0) is 66.9 Å². The Morgan fingerprint density at radius 3 is 2.47 bits per heavy atom. The quantitative estimate of drug-likeness (QED) is 0.461. The molecule has 1 unspecified atom stereocenters. The molecule has 1 fully saturated rings. The molecule has 1 aliphatic heterocycles. The van der Waals surface area contributed by atoms with Crippen molar-refractivity contribution in [3.8, 4) is 11.8 Å². The zero-order valence-corrected chi connectivity index (χ0v) is 19.2. The van der Waals surface area contributed by atoms with Gasteiger partial charge >= 0.3 is 6.03 Å². The number of nitrogens with zero attached hydrogens (tertiary/aromatic N) is 2. The predicted octanol–water partition coefficient (Wildman–Crippen LogP) is 5.29. The van der Waals surface area contributed by atoms with Gasteiger partial charge in [0.1, 0.15) is 12.4 Å². The molecular weight excluding hydrogens is 424 g/mol. The van der Waals surface area contributed by atoms with E-state index in [2.05, 4.69) is 33.7 Å². The molecule has 2 amide bonds. The van der Waals surface area contributed by atoms with Crippen LogP contribution in [0.3, 0.4) is 0 Å². The first-order valence-electron chi connectivity index (χ1n) is 11.7. The summed E-state index contributed by atoms with van der Waals surface area (Å²) in [5, 5.41) is 14.8. The number of ether oxygens (including phenoxy) is 1. The third-order valence-corrected chi connectivity index (χ3v) is 6.02. The number of nitrogens with one attached hydrogen (secondary N) is 2. The van der Waals surface area contributed by atoms with Gasteiger partial charge in [0.05, 0.1) is 18.5 Å². The number of likely N-dealkylation sites (tertiary alicyclic amines) is 1. The maximum Gasteiger partial charge on any atom is 0.319 e. The second-order valence-corrected chi connectivity index (χ2v) is 8.47. The van der Waals surface area contributed by atoms with Crippen LogP contribution in [0.5, 0.6) is 5.75 Å². The average molecular weight is 455 g/mol. The van der Waals surface area contributed by atoms with Crippen molar-refractivity contribution in [2.24, 2.45) is 0 Å². The minimum atomic E-state index is -0.216. The van der Waals surface area contributed by atoms with Gasteiger partial charge in [0.25, 0.3) is 0 Å². The molecule has 0 bridgehead atoms. The van der Waals surface area contributed by atoms with Crippen molar-refractivity contribution in [2.45, 2.75) is 31.9 Å². The van der Waals surface area contributed by atoms with E-state index in [1.807, 2.05) is 66.7 Å². The molecule has 1 heterocycles. The summed E-state index contributed by atoms with van der Waals surface area (Å²) in [6.45, 7) is 3.07. The molecule has 1 saturated heterocycles. The highest BCUT2D eigenvalue weighted by Crippen LogP contribution is 2.24. The van der Waals surface area contributed by atoms with Crippen LogP contribution in [0.2, 0.25) is 0 Å². The zero-order chi connectivity index (χ0) is 23.6. The summed E-state index contributed by atoms with van der Waals surface area (Å²) in [6, 6.07) is 27.6. The first kappa shape index (κ1) is 23.3. The lowest BCUT2D eigenvalue weighted by Gasteiger charge is -2.28. The van der Waals surface area contributed by atoms with Gasteiger partial charge in [0.15, 0.2) is 0 Å². The van der Waals surface area contributed by atoms with Crippen LogP contribution in [0.4, 0.5) is 10.5 Å². The molecule has 34 heavy (non-hydrogen) atoms. The van der Waals surface area contributed by atoms with Crippen molar-refractivity contribution < 1.29 is 9.53 Å². The van der Waals surface area contributed by atoms with E-state index in [0.29, 0.717) is 19.6 Å². The van der Waals surface area contributed by atoms with E-state index in [9.17, 15) is 4.79 Å². The number of benzene rings is 3. The van der Waals surface area contributed by atoms with E-state index in [1.165, 1.54) is 18.4 Å². The molecule has 0 radical (unpaired) electrons. The first-order chi connectivity index (χ1) is 16.7. The van der Waals surface area contributed by atoms with Crippen LogP contribution < -0.4 is 15.4 Å². The molecule has 6 heteroatoms. The molecule has 3 aromatic rings. The van der Waals surface area contributed by atoms with E-state index in [1.54, 1.807) is 0 Å². The van der Waals surface area contributed by atoms with E-state index in [0.717, 1.165) is 35.7 Å². The highest BCUT2D eigenvalue weighted by molar-refractivity contribution is 5.89. The highest BCUT2D eigenvalue weighted by atomic mass is 16.5. The summed E-state index contributed by atoms with van der Waals surface area (Å²) >= 11 is 0. The van der Waals surface area contributed by atoms with Crippen LogP contribution in [0.15, 0.2) is 78.9 Å². The van der Waals surface area contributed by atoms with E-state index >= 15 is 0 Å². The lowest BCUT2D eigenvalue weighted by Crippen LogP contribution is -2.38. The Balaban J connectivity index is 1.30. The molecule has 1 aliphatic rings. The second-order valence-electron chi connectivity index (χ2n) is 8.47. The standard InChI is InChI=1S/C28H30N4O2/c29-16-15-22-11-13-26(14-12-22)34-21-23-7-6-10-25(19-23)31-28(33)30-20-27(32-17-4-5-18-32)24-8-2-1-3-9-24/h1-3,6-14,19,27H,4-5,15,17-18,20-21H2,(H2,30,31,33). The first-order valence-corrected chi connectivity index (χ1v) is 11.7. The fourth-order valence-corrected chi connectivity index (χ4v) is 4.25. The number of nitriles is 1. The third kappa shape index (κ3) is 6.60. The summed E-state index contributed by atoms with van der Waals surface area (Å²) < 4.78 is 5.85. The van der Waals surface area contributed by atoms with Gasteiger partial charge in [-0.25, -0.2) is 4.79 Å². The molecule has 174 valence electrons. The lowest BCUT2D eigenvalue weighted by atomic mass is 10.1. The van der Waals surface area contributed by atoms with Crippen LogP contribution in [0.25, 0.3) is 0 Å². The van der Waals surface area contributed by atoms with Crippen molar-refractivity contribution in [1.29, 1.82) is 5.26 Å². The van der Waals surface area contributed by atoms with Gasteiger partial charge < -0.3 is 15.4 Å². The molecule has 6 nitrogen and oxygen atoms in total. The number of hydrogen-bond donors (Lipinski definition) is 2. The molecule has 0 saturated carbocycles. The fourth-order valence-electron chi connectivity index (χ4n) is 4.25. The van der Waals surface area contributed by atoms with E-state index in [-0.39, 0.29) is 12.1 Å². The number of amides is 2. The van der Waals surface area contributed by atoms with Crippen molar-refractivity contribution in [3.05, 3.63) is 95.6 Å². The average Bonchev–Trinajstić information content (AvgIpc) is 3.40. The molecule has 3 aromatic carbocycles. The molecular formula is C28H30N4O2. The summed E-state index contributed by atoms with van der Waals surface area (Å²) in [6.07, 6.45) is 2.79. The van der Waals surface area contributed by atoms with Gasteiger partial charge in [-0.2, -0.15) is 5.26 Å². The minimum absolute atomic E-state index is 0.175. The Labute approximate surface area is 201 Å².